The summed E-state index contributed by atoms with van der Waals surface area (Å²) in [5, 5.41) is 0.382. The van der Waals surface area contributed by atoms with E-state index in [1.807, 2.05) is 0 Å². The van der Waals surface area contributed by atoms with Crippen molar-refractivity contribution in [3.05, 3.63) is 58.9 Å². The van der Waals surface area contributed by atoms with Gasteiger partial charge in [0.2, 0.25) is 0 Å². The van der Waals surface area contributed by atoms with E-state index in [-0.39, 0.29) is 11.9 Å². The van der Waals surface area contributed by atoms with E-state index in [0.717, 1.165) is 5.56 Å². The number of nitrogens with one attached hydrogen (secondary N) is 1. The molecule has 94 valence electrons. The van der Waals surface area contributed by atoms with Gasteiger partial charge in [0.1, 0.15) is 12.1 Å². The predicted octanol–water partition coefficient (Wildman–Crippen LogP) is 2.02. The number of nitrogens with zero attached hydrogens (tertiary/aromatic N) is 2. The maximum Gasteiger partial charge on any atom is 0.127 e. The van der Waals surface area contributed by atoms with E-state index in [2.05, 4.69) is 15.4 Å². The average Bonchev–Trinajstić information content (AvgIpc) is 2.40. The first kappa shape index (κ1) is 12.9. The van der Waals surface area contributed by atoms with Crippen molar-refractivity contribution < 1.29 is 4.39 Å². The molecule has 0 bridgehead atoms. The van der Waals surface area contributed by atoms with Crippen LogP contribution in [0.3, 0.4) is 0 Å². The molecule has 3 N–H and O–H groups in total. The number of halogens is 2. The van der Waals surface area contributed by atoms with Gasteiger partial charge < -0.3 is 0 Å². The zero-order valence-corrected chi connectivity index (χ0v) is 10.2. The molecule has 18 heavy (non-hydrogen) atoms. The number of hydrazine groups is 1. The van der Waals surface area contributed by atoms with Crippen molar-refractivity contribution in [1.29, 1.82) is 0 Å². The van der Waals surface area contributed by atoms with Gasteiger partial charge in [-0.15, -0.1) is 0 Å². The number of aromatic nitrogens is 2. The Hall–Kier alpha value is -1.56. The molecule has 1 unspecified atom stereocenters. The third kappa shape index (κ3) is 2.81. The molecule has 1 aromatic carbocycles. The van der Waals surface area contributed by atoms with Crippen LogP contribution in [0.2, 0.25) is 5.02 Å². The van der Waals surface area contributed by atoms with Crippen molar-refractivity contribution in [3.63, 3.8) is 0 Å². The summed E-state index contributed by atoms with van der Waals surface area (Å²) >= 11 is 5.98. The predicted molar refractivity (Wildman–Crippen MR) is 67.2 cm³/mol. The zero-order valence-electron chi connectivity index (χ0n) is 9.48. The Labute approximate surface area is 109 Å². The van der Waals surface area contributed by atoms with E-state index in [1.165, 1.54) is 12.4 Å². The number of hydrogen-bond donors (Lipinski definition) is 2. The van der Waals surface area contributed by atoms with Gasteiger partial charge in [-0.1, -0.05) is 17.7 Å². The summed E-state index contributed by atoms with van der Waals surface area (Å²) in [6, 6.07) is 4.30. The summed E-state index contributed by atoms with van der Waals surface area (Å²) in [5.41, 5.74) is 3.82. The zero-order chi connectivity index (χ0) is 13.0. The smallest absolute Gasteiger partial charge is 0.127 e. The number of rotatable bonds is 4. The fourth-order valence-electron chi connectivity index (χ4n) is 1.70. The van der Waals surface area contributed by atoms with E-state index in [0.29, 0.717) is 17.0 Å². The van der Waals surface area contributed by atoms with Crippen molar-refractivity contribution in [3.8, 4) is 0 Å². The van der Waals surface area contributed by atoms with Gasteiger partial charge in [-0.3, -0.25) is 11.3 Å². The van der Waals surface area contributed by atoms with Gasteiger partial charge in [-0.2, -0.15) is 0 Å². The lowest BCUT2D eigenvalue weighted by molar-refractivity contribution is 0.526. The number of hydrogen-bond acceptors (Lipinski definition) is 4. The molecule has 4 nitrogen and oxygen atoms in total. The minimum atomic E-state index is -0.348. The summed E-state index contributed by atoms with van der Waals surface area (Å²) in [7, 11) is 0. The van der Waals surface area contributed by atoms with Gasteiger partial charge in [0.15, 0.2) is 0 Å². The molecule has 0 spiro atoms. The first-order valence-electron chi connectivity index (χ1n) is 5.36. The van der Waals surface area contributed by atoms with Crippen LogP contribution in [0.4, 0.5) is 4.39 Å². The monoisotopic (exact) mass is 266 g/mol. The van der Waals surface area contributed by atoms with Crippen LogP contribution >= 0.6 is 11.6 Å². The van der Waals surface area contributed by atoms with Crippen molar-refractivity contribution in [2.75, 3.05) is 0 Å². The Bertz CT molecular complexity index is 500. The van der Waals surface area contributed by atoms with E-state index < -0.39 is 0 Å². The molecule has 0 fully saturated rings. The minimum Gasteiger partial charge on any atom is -0.271 e. The summed E-state index contributed by atoms with van der Waals surface area (Å²) in [6.45, 7) is 0. The molecule has 0 radical (unpaired) electrons. The standard InChI is InChI=1S/C12H12ClFN4/c13-10-2-1-3-11(14)9(10)4-12(18-15)8-5-16-7-17-6-8/h1-3,5-7,12,18H,4,15H2. The quantitative estimate of drug-likeness (QED) is 0.656. The molecule has 1 heterocycles. The third-order valence-corrected chi connectivity index (χ3v) is 3.01. The van der Waals surface area contributed by atoms with Gasteiger partial charge >= 0.3 is 0 Å². The van der Waals surface area contributed by atoms with Crippen molar-refractivity contribution in [2.24, 2.45) is 5.84 Å². The van der Waals surface area contributed by atoms with Gasteiger partial charge in [-0.25, -0.2) is 14.4 Å². The van der Waals surface area contributed by atoms with E-state index in [9.17, 15) is 4.39 Å². The Morgan fingerprint density at radius 3 is 2.67 bits per heavy atom. The Morgan fingerprint density at radius 2 is 2.06 bits per heavy atom. The van der Waals surface area contributed by atoms with Crippen LogP contribution in [0.25, 0.3) is 0 Å². The van der Waals surface area contributed by atoms with Gasteiger partial charge in [0.05, 0.1) is 6.04 Å². The van der Waals surface area contributed by atoms with E-state index in [1.54, 1.807) is 24.5 Å². The van der Waals surface area contributed by atoms with Crippen molar-refractivity contribution >= 4 is 11.6 Å². The molecule has 0 saturated heterocycles. The van der Waals surface area contributed by atoms with E-state index in [4.69, 9.17) is 17.4 Å². The molecular formula is C12H12ClFN4. The molecule has 0 saturated carbocycles. The van der Waals surface area contributed by atoms with Crippen LogP contribution in [0, 0.1) is 5.82 Å². The highest BCUT2D eigenvalue weighted by atomic mass is 35.5. The summed E-state index contributed by atoms with van der Waals surface area (Å²) in [5.74, 6) is 5.13. The summed E-state index contributed by atoms with van der Waals surface area (Å²) in [4.78, 5) is 7.81. The van der Waals surface area contributed by atoms with Crippen LogP contribution in [-0.4, -0.2) is 9.97 Å². The molecule has 2 aromatic rings. The number of nitrogens with two attached hydrogens (primary N) is 1. The molecule has 1 aromatic heterocycles. The van der Waals surface area contributed by atoms with Gasteiger partial charge in [-0.05, 0) is 18.6 Å². The molecule has 0 aliphatic heterocycles. The summed E-state index contributed by atoms with van der Waals surface area (Å²) in [6.07, 6.45) is 5.01. The first-order chi connectivity index (χ1) is 8.72. The molecule has 6 heteroatoms. The fourth-order valence-corrected chi connectivity index (χ4v) is 1.94. The number of benzene rings is 1. The Balaban J connectivity index is 2.26. The average molecular weight is 267 g/mol. The lowest BCUT2D eigenvalue weighted by Gasteiger charge is -2.16. The van der Waals surface area contributed by atoms with Crippen molar-refractivity contribution in [1.82, 2.24) is 15.4 Å². The molecule has 1 atom stereocenters. The molecular weight excluding hydrogens is 255 g/mol. The van der Waals surface area contributed by atoms with Crippen molar-refractivity contribution in [2.45, 2.75) is 12.5 Å². The van der Waals surface area contributed by atoms with Crippen LogP contribution in [-0.2, 0) is 6.42 Å². The van der Waals surface area contributed by atoms with E-state index >= 15 is 0 Å². The SMILES string of the molecule is NNC(Cc1c(F)cccc1Cl)c1cncnc1. The van der Waals surface area contributed by atoms with Gasteiger partial charge in [0.25, 0.3) is 0 Å². The second-order valence-electron chi connectivity index (χ2n) is 3.80. The fraction of sp³-hybridized carbons (Fsp3) is 0.167. The van der Waals surface area contributed by atoms with Gasteiger partial charge in [0, 0.05) is 28.5 Å². The maximum atomic E-state index is 13.7. The molecule has 0 aliphatic rings. The third-order valence-electron chi connectivity index (χ3n) is 2.65. The van der Waals surface area contributed by atoms with Crippen LogP contribution in [0.5, 0.6) is 0 Å². The highest BCUT2D eigenvalue weighted by molar-refractivity contribution is 6.31. The maximum absolute atomic E-state index is 13.7. The lowest BCUT2D eigenvalue weighted by Crippen LogP contribution is -2.30. The topological polar surface area (TPSA) is 63.8 Å². The molecule has 0 amide bonds. The largest absolute Gasteiger partial charge is 0.271 e. The molecule has 0 aliphatic carbocycles. The normalized spacial score (nSPS) is 12.4. The first-order valence-corrected chi connectivity index (χ1v) is 5.74. The highest BCUT2D eigenvalue weighted by Gasteiger charge is 2.15. The second-order valence-corrected chi connectivity index (χ2v) is 4.20. The highest BCUT2D eigenvalue weighted by Crippen LogP contribution is 2.24. The summed E-state index contributed by atoms with van der Waals surface area (Å²) < 4.78 is 13.7. The lowest BCUT2D eigenvalue weighted by atomic mass is 10.0. The van der Waals surface area contributed by atoms with Crippen LogP contribution < -0.4 is 11.3 Å². The second kappa shape index (κ2) is 5.86. The van der Waals surface area contributed by atoms with Crippen LogP contribution in [0.15, 0.2) is 36.9 Å². The Kier molecular flexibility index (Phi) is 4.19. The Morgan fingerprint density at radius 1 is 1.33 bits per heavy atom. The molecule has 2 rings (SSSR count). The van der Waals surface area contributed by atoms with Crippen LogP contribution in [0.1, 0.15) is 17.2 Å². The minimum absolute atomic E-state index is 0.291.